The van der Waals surface area contributed by atoms with Gasteiger partial charge in [-0.25, -0.2) is 14.8 Å². The molecule has 0 aliphatic rings. The van der Waals surface area contributed by atoms with Crippen LogP contribution in [0.1, 0.15) is 47.2 Å². The van der Waals surface area contributed by atoms with Crippen LogP contribution >= 0.6 is 23.4 Å². The van der Waals surface area contributed by atoms with Crippen LogP contribution < -0.4 is 30.2 Å². The van der Waals surface area contributed by atoms with E-state index >= 15 is 0 Å². The maximum atomic E-state index is 13.7. The van der Waals surface area contributed by atoms with Gasteiger partial charge in [0.2, 0.25) is 0 Å². The zero-order valence-electron chi connectivity index (χ0n) is 29.1. The standard InChI is InChI=1S/C36H40ClN5O8S/c1-36(2,3)50-35(45)40-19-24(48-20-22-9-13-28(46-4)30(16-22)47-5)21-49-29-17-25(51-6)11-12-26(29)33(43)41-27-8-7-15-38-32(27)34(44)42-31-14-10-23(37)18-39-31/h7-18,24H,19-21H2,1-6H3,(H,40,45)(H,41,43)(H,39,42,44)/t24-/m0/s1. The number of nitrogens with one attached hydrogen (secondary N) is 3. The van der Waals surface area contributed by atoms with Crippen LogP contribution in [0.3, 0.4) is 0 Å². The Morgan fingerprint density at radius 1 is 0.902 bits per heavy atom. The van der Waals surface area contributed by atoms with Crippen LogP contribution in [-0.4, -0.2) is 73.2 Å². The van der Waals surface area contributed by atoms with E-state index in [-0.39, 0.29) is 48.3 Å². The van der Waals surface area contributed by atoms with Crippen LogP contribution in [-0.2, 0) is 16.1 Å². The average molecular weight is 738 g/mol. The van der Waals surface area contributed by atoms with E-state index in [1.165, 1.54) is 24.2 Å². The van der Waals surface area contributed by atoms with E-state index in [9.17, 15) is 14.4 Å². The highest BCUT2D eigenvalue weighted by atomic mass is 35.5. The third kappa shape index (κ3) is 11.8. The van der Waals surface area contributed by atoms with Crippen molar-refractivity contribution in [3.8, 4) is 17.2 Å². The molecule has 0 saturated carbocycles. The van der Waals surface area contributed by atoms with Crippen molar-refractivity contribution in [1.82, 2.24) is 15.3 Å². The number of rotatable bonds is 15. The van der Waals surface area contributed by atoms with Crippen LogP contribution in [0.15, 0.2) is 78.0 Å². The lowest BCUT2D eigenvalue weighted by Crippen LogP contribution is -2.40. The molecule has 0 aliphatic heterocycles. The minimum Gasteiger partial charge on any atom is -0.493 e. The summed E-state index contributed by atoms with van der Waals surface area (Å²) in [5.41, 5.74) is 0.441. The van der Waals surface area contributed by atoms with Crippen molar-refractivity contribution in [3.63, 3.8) is 0 Å². The molecule has 2 aromatic carbocycles. The summed E-state index contributed by atoms with van der Waals surface area (Å²) < 4.78 is 28.6. The Balaban J connectivity index is 1.52. The molecule has 15 heteroatoms. The molecule has 0 unspecified atom stereocenters. The number of halogens is 1. The van der Waals surface area contributed by atoms with Gasteiger partial charge >= 0.3 is 6.09 Å². The lowest BCUT2D eigenvalue weighted by atomic mass is 10.1. The van der Waals surface area contributed by atoms with Gasteiger partial charge < -0.3 is 39.6 Å². The molecule has 51 heavy (non-hydrogen) atoms. The number of anilines is 2. The minimum absolute atomic E-state index is 0.0253. The second-order valence-electron chi connectivity index (χ2n) is 11.8. The first kappa shape index (κ1) is 38.7. The summed E-state index contributed by atoms with van der Waals surface area (Å²) >= 11 is 7.37. The van der Waals surface area contributed by atoms with Crippen molar-refractivity contribution in [2.24, 2.45) is 0 Å². The Kier molecular flexibility index (Phi) is 13.9. The molecular formula is C36H40ClN5O8S. The number of hydrogen-bond acceptors (Lipinski definition) is 11. The van der Waals surface area contributed by atoms with E-state index in [1.54, 1.807) is 89.6 Å². The number of nitrogens with zero attached hydrogens (tertiary/aromatic N) is 2. The maximum absolute atomic E-state index is 13.7. The zero-order chi connectivity index (χ0) is 37.0. The number of alkyl carbamates (subject to hydrolysis) is 1. The van der Waals surface area contributed by atoms with E-state index in [4.69, 9.17) is 35.3 Å². The van der Waals surface area contributed by atoms with Crippen LogP contribution in [0.2, 0.25) is 5.02 Å². The highest BCUT2D eigenvalue weighted by Gasteiger charge is 2.22. The smallest absolute Gasteiger partial charge is 0.407 e. The van der Waals surface area contributed by atoms with Gasteiger partial charge in [0, 0.05) is 17.3 Å². The number of aromatic nitrogens is 2. The monoisotopic (exact) mass is 737 g/mol. The fraction of sp³-hybridized carbons (Fsp3) is 0.306. The summed E-state index contributed by atoms with van der Waals surface area (Å²) in [5.74, 6) is 0.515. The van der Waals surface area contributed by atoms with Crippen molar-refractivity contribution in [3.05, 3.63) is 94.9 Å². The molecule has 3 amide bonds. The Morgan fingerprint density at radius 2 is 1.69 bits per heavy atom. The molecule has 0 fully saturated rings. The number of methoxy groups -OCH3 is 2. The molecule has 3 N–H and O–H groups in total. The summed E-state index contributed by atoms with van der Waals surface area (Å²) in [6, 6.07) is 16.8. The first-order valence-corrected chi connectivity index (χ1v) is 17.3. The van der Waals surface area contributed by atoms with Gasteiger partial charge in [-0.1, -0.05) is 17.7 Å². The van der Waals surface area contributed by atoms with Gasteiger partial charge in [-0.15, -0.1) is 11.8 Å². The van der Waals surface area contributed by atoms with E-state index in [0.717, 1.165) is 10.5 Å². The van der Waals surface area contributed by atoms with Crippen LogP contribution in [0.4, 0.5) is 16.3 Å². The number of thioether (sulfide) groups is 1. The average Bonchev–Trinajstić information content (AvgIpc) is 3.11. The largest absolute Gasteiger partial charge is 0.493 e. The van der Waals surface area contributed by atoms with Gasteiger partial charge in [0.25, 0.3) is 11.8 Å². The van der Waals surface area contributed by atoms with Crippen molar-refractivity contribution in [2.45, 2.75) is 44.0 Å². The molecule has 2 aromatic heterocycles. The Bertz CT molecular complexity index is 1820. The summed E-state index contributed by atoms with van der Waals surface area (Å²) in [5, 5.41) is 8.58. The number of carbonyl (C=O) groups excluding carboxylic acids is 3. The zero-order valence-corrected chi connectivity index (χ0v) is 30.6. The summed E-state index contributed by atoms with van der Waals surface area (Å²) in [7, 11) is 3.10. The number of ether oxygens (including phenoxy) is 5. The minimum atomic E-state index is -0.696. The summed E-state index contributed by atoms with van der Waals surface area (Å²) in [6.45, 7) is 5.45. The Labute approximate surface area is 305 Å². The highest BCUT2D eigenvalue weighted by molar-refractivity contribution is 7.98. The fourth-order valence-corrected chi connectivity index (χ4v) is 5.02. The Hall–Kier alpha value is -5.05. The molecule has 2 heterocycles. The fourth-order valence-electron chi connectivity index (χ4n) is 4.48. The molecule has 0 spiro atoms. The molecule has 1 atom stereocenters. The normalized spacial score (nSPS) is 11.6. The van der Waals surface area contributed by atoms with Crippen molar-refractivity contribution >= 4 is 52.8 Å². The van der Waals surface area contributed by atoms with E-state index < -0.39 is 29.6 Å². The molecule has 13 nitrogen and oxygen atoms in total. The van der Waals surface area contributed by atoms with Crippen LogP contribution in [0, 0.1) is 0 Å². The second kappa shape index (κ2) is 18.3. The third-order valence-electron chi connectivity index (χ3n) is 6.90. The molecule has 270 valence electrons. The van der Waals surface area contributed by atoms with Gasteiger partial charge in [-0.2, -0.15) is 0 Å². The van der Waals surface area contributed by atoms with E-state index in [1.807, 2.05) is 12.3 Å². The first-order valence-electron chi connectivity index (χ1n) is 15.7. The molecule has 4 aromatic rings. The highest BCUT2D eigenvalue weighted by Crippen LogP contribution is 2.29. The van der Waals surface area contributed by atoms with Crippen molar-refractivity contribution in [1.29, 1.82) is 0 Å². The maximum Gasteiger partial charge on any atom is 0.407 e. The van der Waals surface area contributed by atoms with Gasteiger partial charge in [0.15, 0.2) is 17.2 Å². The molecule has 0 bridgehead atoms. The van der Waals surface area contributed by atoms with Crippen LogP contribution in [0.5, 0.6) is 17.2 Å². The van der Waals surface area contributed by atoms with Gasteiger partial charge in [-0.3, -0.25) is 9.59 Å². The topological polar surface area (TPSA) is 159 Å². The third-order valence-corrected chi connectivity index (χ3v) is 7.85. The SMILES string of the molecule is COc1ccc(CO[C@@H](CNC(=O)OC(C)(C)C)COc2cc(SC)ccc2C(=O)Nc2cccnc2C(=O)Nc2ccc(Cl)cn2)cc1OC. The van der Waals surface area contributed by atoms with Crippen LogP contribution in [0.25, 0.3) is 0 Å². The molecule has 0 aliphatic carbocycles. The molecule has 0 radical (unpaired) electrons. The van der Waals surface area contributed by atoms with Gasteiger partial charge in [-0.05, 0) is 87.2 Å². The lowest BCUT2D eigenvalue weighted by Gasteiger charge is -2.23. The van der Waals surface area contributed by atoms with Gasteiger partial charge in [0.05, 0.1) is 43.6 Å². The number of hydrogen-bond donors (Lipinski definition) is 3. The van der Waals surface area contributed by atoms with Crippen molar-refractivity contribution in [2.75, 3.05) is 44.3 Å². The number of carbonyl (C=O) groups is 3. The number of amides is 3. The summed E-state index contributed by atoms with van der Waals surface area (Å²) in [6.07, 6.45) is 3.45. The first-order chi connectivity index (χ1) is 24.4. The van der Waals surface area contributed by atoms with Gasteiger partial charge in [0.1, 0.15) is 29.9 Å². The van der Waals surface area contributed by atoms with E-state index in [2.05, 4.69) is 25.9 Å². The predicted molar refractivity (Wildman–Crippen MR) is 195 cm³/mol. The molecule has 0 saturated heterocycles. The lowest BCUT2D eigenvalue weighted by molar-refractivity contribution is 0.00518. The second-order valence-corrected chi connectivity index (χ2v) is 13.2. The van der Waals surface area contributed by atoms with E-state index in [0.29, 0.717) is 16.5 Å². The number of pyridine rings is 2. The molecular weight excluding hydrogens is 698 g/mol. The number of benzene rings is 2. The molecule has 4 rings (SSSR count). The quantitative estimate of drug-likeness (QED) is 0.109. The summed E-state index contributed by atoms with van der Waals surface area (Å²) in [4.78, 5) is 48.4. The Morgan fingerprint density at radius 3 is 2.37 bits per heavy atom. The van der Waals surface area contributed by atoms with Crippen molar-refractivity contribution < 1.29 is 38.1 Å². The predicted octanol–water partition coefficient (Wildman–Crippen LogP) is 6.86.